The lowest BCUT2D eigenvalue weighted by molar-refractivity contribution is 0.280. The van der Waals surface area contributed by atoms with Gasteiger partial charge < -0.3 is 14.7 Å². The molecule has 0 fully saturated rings. The fourth-order valence-corrected chi connectivity index (χ4v) is 3.82. The molecular weight excluding hydrogens is 350 g/mol. The van der Waals surface area contributed by atoms with E-state index in [1.54, 1.807) is 0 Å². The van der Waals surface area contributed by atoms with Gasteiger partial charge in [0.25, 0.3) is 5.56 Å². The highest BCUT2D eigenvalue weighted by molar-refractivity contribution is 5.98. The average molecular weight is 369 g/mol. The summed E-state index contributed by atoms with van der Waals surface area (Å²) in [4.78, 5) is 20.6. The fourth-order valence-electron chi connectivity index (χ4n) is 3.82. The molecule has 138 valence electrons. The fraction of sp³-hybridized carbons (Fsp3) is 0.130. The predicted molar refractivity (Wildman–Crippen MR) is 113 cm³/mol. The summed E-state index contributed by atoms with van der Waals surface area (Å²) >= 11 is 0. The quantitative estimate of drug-likeness (QED) is 0.469. The van der Waals surface area contributed by atoms with Crippen LogP contribution in [0.1, 0.15) is 6.42 Å². The van der Waals surface area contributed by atoms with Gasteiger partial charge in [-0.05, 0) is 35.4 Å². The van der Waals surface area contributed by atoms with E-state index >= 15 is 0 Å². The van der Waals surface area contributed by atoms with Crippen molar-refractivity contribution >= 4 is 32.7 Å². The Hall–Kier alpha value is -3.44. The maximum atomic E-state index is 12.9. The monoisotopic (exact) mass is 369 g/mol. The third-order valence-corrected chi connectivity index (χ3v) is 5.16. The lowest BCUT2D eigenvalue weighted by Crippen LogP contribution is -2.11. The maximum Gasteiger partial charge on any atom is 0.275 e. The van der Waals surface area contributed by atoms with Gasteiger partial charge in [0, 0.05) is 35.8 Å². The van der Waals surface area contributed by atoms with Crippen LogP contribution < -0.4 is 5.56 Å². The van der Waals surface area contributed by atoms with Crippen LogP contribution in [0.25, 0.3) is 44.0 Å². The number of fused-ring (bicyclic) bond motifs is 3. The van der Waals surface area contributed by atoms with Crippen molar-refractivity contribution in [1.82, 2.24) is 14.5 Å². The molecule has 0 radical (unpaired) electrons. The number of aromatic amines is 1. The Morgan fingerprint density at radius 1 is 1.00 bits per heavy atom. The molecule has 2 aromatic heterocycles. The zero-order chi connectivity index (χ0) is 19.1. The largest absolute Gasteiger partial charge is 0.396 e. The second-order valence-corrected chi connectivity index (χ2v) is 6.96. The average Bonchev–Trinajstić information content (AvgIpc) is 3.09. The van der Waals surface area contributed by atoms with Crippen LogP contribution in [0.3, 0.4) is 0 Å². The molecular formula is C23H19N3O2. The summed E-state index contributed by atoms with van der Waals surface area (Å²) < 4.78 is 2.08. The highest BCUT2D eigenvalue weighted by atomic mass is 16.3. The second-order valence-electron chi connectivity index (χ2n) is 6.96. The molecule has 0 aliphatic carbocycles. The molecule has 5 rings (SSSR count). The van der Waals surface area contributed by atoms with Crippen LogP contribution in [0, 0.1) is 0 Å². The molecule has 0 saturated heterocycles. The first-order chi connectivity index (χ1) is 13.7. The Morgan fingerprint density at radius 3 is 2.57 bits per heavy atom. The molecule has 0 aliphatic heterocycles. The summed E-state index contributed by atoms with van der Waals surface area (Å²) in [6.07, 6.45) is 2.62. The highest BCUT2D eigenvalue weighted by Gasteiger charge is 2.15. The van der Waals surface area contributed by atoms with E-state index in [1.165, 1.54) is 0 Å². The number of hydrogen-bond acceptors (Lipinski definition) is 3. The summed E-state index contributed by atoms with van der Waals surface area (Å²) in [7, 11) is 0. The topological polar surface area (TPSA) is 70.9 Å². The highest BCUT2D eigenvalue weighted by Crippen LogP contribution is 2.29. The lowest BCUT2D eigenvalue weighted by Gasteiger charge is -2.04. The predicted octanol–water partition coefficient (Wildman–Crippen LogP) is 4.08. The van der Waals surface area contributed by atoms with E-state index in [4.69, 9.17) is 4.98 Å². The van der Waals surface area contributed by atoms with Gasteiger partial charge in [0.2, 0.25) is 0 Å². The van der Waals surface area contributed by atoms with E-state index in [0.717, 1.165) is 38.3 Å². The van der Waals surface area contributed by atoms with Gasteiger partial charge in [-0.15, -0.1) is 0 Å². The molecule has 0 aliphatic rings. The number of para-hydroxylation sites is 1. The normalized spacial score (nSPS) is 11.6. The van der Waals surface area contributed by atoms with Crippen molar-refractivity contribution in [1.29, 1.82) is 0 Å². The van der Waals surface area contributed by atoms with Crippen LogP contribution in [-0.2, 0) is 6.54 Å². The number of aryl methyl sites for hydroxylation is 1. The van der Waals surface area contributed by atoms with Crippen molar-refractivity contribution in [2.75, 3.05) is 6.61 Å². The van der Waals surface area contributed by atoms with Crippen LogP contribution >= 0.6 is 0 Å². The van der Waals surface area contributed by atoms with Gasteiger partial charge >= 0.3 is 0 Å². The van der Waals surface area contributed by atoms with E-state index < -0.39 is 0 Å². The first-order valence-electron chi connectivity index (χ1n) is 9.36. The lowest BCUT2D eigenvalue weighted by atomic mass is 10.1. The van der Waals surface area contributed by atoms with Crippen LogP contribution in [0.4, 0.5) is 0 Å². The Balaban J connectivity index is 1.75. The molecule has 2 heterocycles. The molecule has 2 N–H and O–H groups in total. The SMILES string of the molecule is O=c1[nH]c2cc3ccccc3cc2nc1-c1cn(CCCO)c2ccccc12. The van der Waals surface area contributed by atoms with Crippen molar-refractivity contribution in [3.05, 3.63) is 77.2 Å². The molecule has 0 spiro atoms. The third-order valence-electron chi connectivity index (χ3n) is 5.16. The number of H-pyrrole nitrogens is 1. The first-order valence-corrected chi connectivity index (χ1v) is 9.36. The Bertz CT molecular complexity index is 1380. The molecule has 0 saturated carbocycles. The van der Waals surface area contributed by atoms with Crippen molar-refractivity contribution in [3.8, 4) is 11.3 Å². The Morgan fingerprint density at radius 2 is 1.75 bits per heavy atom. The molecule has 5 heteroatoms. The minimum absolute atomic E-state index is 0.129. The van der Waals surface area contributed by atoms with Crippen LogP contribution in [0.2, 0.25) is 0 Å². The number of aliphatic hydroxyl groups excluding tert-OH is 1. The number of nitrogens with one attached hydrogen (secondary N) is 1. The Kier molecular flexibility index (Phi) is 3.95. The Labute approximate surface area is 160 Å². The van der Waals surface area contributed by atoms with Crippen LogP contribution in [-0.4, -0.2) is 26.2 Å². The first kappa shape index (κ1) is 16.7. The number of rotatable bonds is 4. The number of hydrogen-bond donors (Lipinski definition) is 2. The minimum Gasteiger partial charge on any atom is -0.396 e. The van der Waals surface area contributed by atoms with Crippen molar-refractivity contribution in [3.63, 3.8) is 0 Å². The maximum absolute atomic E-state index is 12.9. The second kappa shape index (κ2) is 6.62. The summed E-state index contributed by atoms with van der Waals surface area (Å²) in [5, 5.41) is 12.3. The number of aromatic nitrogens is 3. The molecule has 0 atom stereocenters. The summed E-state index contributed by atoms with van der Waals surface area (Å²) in [5.41, 5.74) is 3.56. The third kappa shape index (κ3) is 2.68. The van der Waals surface area contributed by atoms with Gasteiger partial charge in [0.05, 0.1) is 11.0 Å². The zero-order valence-electron chi connectivity index (χ0n) is 15.2. The van der Waals surface area contributed by atoms with Crippen molar-refractivity contribution < 1.29 is 5.11 Å². The molecule has 5 aromatic rings. The van der Waals surface area contributed by atoms with E-state index in [0.29, 0.717) is 18.7 Å². The standard InChI is InChI=1S/C23H19N3O2/c27-11-5-10-26-14-18(17-8-3-4-9-21(17)26)22-23(28)25-20-13-16-7-2-1-6-15(16)12-19(20)24-22/h1-4,6-9,12-14,27H,5,10-11H2,(H,25,28). The smallest absolute Gasteiger partial charge is 0.275 e. The van der Waals surface area contributed by atoms with Gasteiger partial charge in [-0.2, -0.15) is 0 Å². The molecule has 0 amide bonds. The van der Waals surface area contributed by atoms with Crippen molar-refractivity contribution in [2.45, 2.75) is 13.0 Å². The molecule has 0 bridgehead atoms. The molecule has 0 unspecified atom stereocenters. The van der Waals surface area contributed by atoms with Gasteiger partial charge in [0.15, 0.2) is 0 Å². The summed E-state index contributed by atoms with van der Waals surface area (Å²) in [6, 6.07) is 20.0. The molecule has 28 heavy (non-hydrogen) atoms. The van der Waals surface area contributed by atoms with Gasteiger partial charge in [-0.25, -0.2) is 4.98 Å². The van der Waals surface area contributed by atoms with Gasteiger partial charge in [0.1, 0.15) is 5.69 Å². The molecule has 3 aromatic carbocycles. The van der Waals surface area contributed by atoms with Crippen molar-refractivity contribution in [2.24, 2.45) is 0 Å². The molecule has 5 nitrogen and oxygen atoms in total. The zero-order valence-corrected chi connectivity index (χ0v) is 15.2. The minimum atomic E-state index is -0.201. The van der Waals surface area contributed by atoms with E-state index in [2.05, 4.69) is 9.55 Å². The van der Waals surface area contributed by atoms with Crippen LogP contribution in [0.5, 0.6) is 0 Å². The summed E-state index contributed by atoms with van der Waals surface area (Å²) in [5.74, 6) is 0. The number of benzene rings is 3. The van der Waals surface area contributed by atoms with E-state index in [-0.39, 0.29) is 12.2 Å². The van der Waals surface area contributed by atoms with E-state index in [9.17, 15) is 9.90 Å². The van der Waals surface area contributed by atoms with Gasteiger partial charge in [-0.3, -0.25) is 4.79 Å². The number of nitrogens with zero attached hydrogens (tertiary/aromatic N) is 2. The van der Waals surface area contributed by atoms with Gasteiger partial charge in [-0.1, -0.05) is 42.5 Å². The summed E-state index contributed by atoms with van der Waals surface area (Å²) in [6.45, 7) is 0.816. The van der Waals surface area contributed by atoms with Crippen LogP contribution in [0.15, 0.2) is 71.7 Å². The van der Waals surface area contributed by atoms with E-state index in [1.807, 2.05) is 66.9 Å². The number of aliphatic hydroxyl groups is 1.